The van der Waals surface area contributed by atoms with Gasteiger partial charge in [0.2, 0.25) is 5.91 Å². The molecule has 3 nitrogen and oxygen atoms in total. The third-order valence-corrected chi connectivity index (χ3v) is 4.43. The Morgan fingerprint density at radius 3 is 2.88 bits per heavy atom. The largest absolute Gasteiger partial charge is 0.298 e. The second-order valence-corrected chi connectivity index (χ2v) is 6.79. The van der Waals surface area contributed by atoms with Crippen molar-refractivity contribution in [2.45, 2.75) is 13.3 Å². The number of anilines is 1. The molecule has 0 saturated carbocycles. The van der Waals surface area contributed by atoms with Crippen LogP contribution in [0.1, 0.15) is 21.6 Å². The number of aromatic nitrogens is 1. The van der Waals surface area contributed by atoms with Crippen molar-refractivity contribution in [2.75, 3.05) is 5.32 Å². The molecule has 0 bridgehead atoms. The molecule has 0 saturated heterocycles. The number of hydrogen-bond donors (Lipinski definition) is 1. The first-order chi connectivity index (χ1) is 12.1. The Hall–Kier alpha value is -2.79. The number of carbonyl (C=O) groups is 1. The Morgan fingerprint density at radius 2 is 2.08 bits per heavy atom. The van der Waals surface area contributed by atoms with Crippen LogP contribution in [-0.2, 0) is 11.2 Å². The lowest BCUT2D eigenvalue weighted by atomic mass is 10.1. The van der Waals surface area contributed by atoms with Crippen molar-refractivity contribution in [3.8, 4) is 0 Å². The molecule has 0 radical (unpaired) electrons. The molecule has 1 heterocycles. The van der Waals surface area contributed by atoms with Gasteiger partial charge in [-0.1, -0.05) is 42.0 Å². The van der Waals surface area contributed by atoms with Crippen LogP contribution in [0.15, 0.2) is 60.8 Å². The molecule has 0 unspecified atom stereocenters. The van der Waals surface area contributed by atoms with E-state index in [2.05, 4.69) is 35.4 Å². The quantitative estimate of drug-likeness (QED) is 0.668. The number of thiazole rings is 1. The molecule has 0 atom stereocenters. The van der Waals surface area contributed by atoms with Crippen LogP contribution in [0.4, 0.5) is 9.52 Å². The average Bonchev–Trinajstić information content (AvgIpc) is 3.00. The fourth-order valence-corrected chi connectivity index (χ4v) is 3.25. The van der Waals surface area contributed by atoms with Gasteiger partial charge >= 0.3 is 0 Å². The second kappa shape index (κ2) is 7.85. The van der Waals surface area contributed by atoms with Gasteiger partial charge in [0.15, 0.2) is 5.13 Å². The standard InChI is InChI=1S/C20H17FN2OS/c1-14-4-2-6-16(10-14)12-18-13-22-20(25-18)23-19(24)9-8-15-5-3-7-17(21)11-15/h2-11,13H,12H2,1H3,(H,22,23,24)/b9-8+. The maximum absolute atomic E-state index is 13.1. The smallest absolute Gasteiger partial charge is 0.250 e. The molecule has 0 aliphatic heterocycles. The number of aryl methyl sites for hydroxylation is 1. The summed E-state index contributed by atoms with van der Waals surface area (Å²) >= 11 is 1.45. The minimum absolute atomic E-state index is 0.291. The first-order valence-corrected chi connectivity index (χ1v) is 8.65. The van der Waals surface area contributed by atoms with Gasteiger partial charge in [0.25, 0.3) is 0 Å². The van der Waals surface area contributed by atoms with Gasteiger partial charge in [-0.25, -0.2) is 9.37 Å². The summed E-state index contributed by atoms with van der Waals surface area (Å²) in [6.07, 6.45) is 5.50. The molecule has 0 aliphatic rings. The number of carbonyl (C=O) groups excluding carboxylic acids is 1. The molecule has 1 aromatic heterocycles. The summed E-state index contributed by atoms with van der Waals surface area (Å²) in [4.78, 5) is 17.3. The highest BCUT2D eigenvalue weighted by Gasteiger charge is 2.05. The van der Waals surface area contributed by atoms with Crippen molar-refractivity contribution in [1.82, 2.24) is 4.98 Å². The van der Waals surface area contributed by atoms with E-state index in [4.69, 9.17) is 0 Å². The molecule has 3 aromatic rings. The number of nitrogens with one attached hydrogen (secondary N) is 1. The Balaban J connectivity index is 1.60. The zero-order valence-electron chi connectivity index (χ0n) is 13.7. The molecule has 0 fully saturated rings. The van der Waals surface area contributed by atoms with E-state index in [-0.39, 0.29) is 11.7 Å². The molecule has 3 rings (SSSR count). The highest BCUT2D eigenvalue weighted by molar-refractivity contribution is 7.15. The summed E-state index contributed by atoms with van der Waals surface area (Å²) in [7, 11) is 0. The van der Waals surface area contributed by atoms with Crippen LogP contribution in [0.2, 0.25) is 0 Å². The Kier molecular flexibility index (Phi) is 5.36. The molecule has 1 amide bonds. The van der Waals surface area contributed by atoms with Crippen molar-refractivity contribution in [1.29, 1.82) is 0 Å². The van der Waals surface area contributed by atoms with Crippen LogP contribution in [0.5, 0.6) is 0 Å². The highest BCUT2D eigenvalue weighted by Crippen LogP contribution is 2.21. The number of amides is 1. The van der Waals surface area contributed by atoms with Crippen LogP contribution < -0.4 is 5.32 Å². The summed E-state index contributed by atoms with van der Waals surface area (Å²) in [6.45, 7) is 2.06. The minimum Gasteiger partial charge on any atom is -0.298 e. The number of halogens is 1. The topological polar surface area (TPSA) is 42.0 Å². The summed E-state index contributed by atoms with van der Waals surface area (Å²) in [5.41, 5.74) is 3.07. The van der Waals surface area contributed by atoms with Gasteiger partial charge in [0.1, 0.15) is 5.82 Å². The van der Waals surface area contributed by atoms with Crippen LogP contribution in [0, 0.1) is 12.7 Å². The first kappa shape index (κ1) is 17.0. The van der Waals surface area contributed by atoms with E-state index in [1.165, 1.54) is 40.7 Å². The van der Waals surface area contributed by atoms with E-state index in [0.29, 0.717) is 10.7 Å². The predicted molar refractivity (Wildman–Crippen MR) is 100 cm³/mol. The molecular formula is C20H17FN2OS. The van der Waals surface area contributed by atoms with E-state index in [1.54, 1.807) is 24.4 Å². The Bertz CT molecular complexity index is 917. The molecule has 0 aliphatic carbocycles. The Labute approximate surface area is 149 Å². The lowest BCUT2D eigenvalue weighted by Gasteiger charge is -1.99. The molecule has 25 heavy (non-hydrogen) atoms. The molecule has 1 N–H and O–H groups in total. The lowest BCUT2D eigenvalue weighted by molar-refractivity contribution is -0.111. The molecular weight excluding hydrogens is 335 g/mol. The summed E-state index contributed by atoms with van der Waals surface area (Å²) in [5, 5.41) is 3.28. The van der Waals surface area contributed by atoms with E-state index in [1.807, 2.05) is 6.07 Å². The summed E-state index contributed by atoms with van der Waals surface area (Å²) in [6, 6.07) is 14.4. The third-order valence-electron chi connectivity index (χ3n) is 3.52. The van der Waals surface area contributed by atoms with E-state index in [9.17, 15) is 9.18 Å². The van der Waals surface area contributed by atoms with Crippen LogP contribution in [-0.4, -0.2) is 10.9 Å². The molecule has 126 valence electrons. The zero-order chi connectivity index (χ0) is 17.6. The van der Waals surface area contributed by atoms with E-state index >= 15 is 0 Å². The van der Waals surface area contributed by atoms with Crippen LogP contribution in [0.25, 0.3) is 6.08 Å². The van der Waals surface area contributed by atoms with Crippen LogP contribution >= 0.6 is 11.3 Å². The highest BCUT2D eigenvalue weighted by atomic mass is 32.1. The fourth-order valence-electron chi connectivity index (χ4n) is 2.40. The number of hydrogen-bond acceptors (Lipinski definition) is 3. The minimum atomic E-state index is -0.330. The van der Waals surface area contributed by atoms with E-state index in [0.717, 1.165) is 11.3 Å². The zero-order valence-corrected chi connectivity index (χ0v) is 14.5. The third kappa shape index (κ3) is 5.09. The monoisotopic (exact) mass is 352 g/mol. The number of nitrogens with zero attached hydrogens (tertiary/aromatic N) is 1. The first-order valence-electron chi connectivity index (χ1n) is 7.83. The molecule has 5 heteroatoms. The van der Waals surface area contributed by atoms with Crippen LogP contribution in [0.3, 0.4) is 0 Å². The van der Waals surface area contributed by atoms with Crippen molar-refractivity contribution >= 4 is 28.5 Å². The molecule has 2 aromatic carbocycles. The Morgan fingerprint density at radius 1 is 1.24 bits per heavy atom. The van der Waals surface area contributed by atoms with Gasteiger partial charge in [0, 0.05) is 23.6 Å². The van der Waals surface area contributed by atoms with Gasteiger partial charge in [-0.3, -0.25) is 10.1 Å². The fraction of sp³-hybridized carbons (Fsp3) is 0.100. The lowest BCUT2D eigenvalue weighted by Crippen LogP contribution is -2.07. The SMILES string of the molecule is Cc1cccc(Cc2cnc(NC(=O)/C=C/c3cccc(F)c3)s2)c1. The van der Waals surface area contributed by atoms with Gasteiger partial charge in [0.05, 0.1) is 0 Å². The average molecular weight is 352 g/mol. The van der Waals surface area contributed by atoms with Crippen molar-refractivity contribution in [3.63, 3.8) is 0 Å². The van der Waals surface area contributed by atoms with Gasteiger partial charge in [-0.05, 0) is 36.3 Å². The van der Waals surface area contributed by atoms with Crippen molar-refractivity contribution in [2.24, 2.45) is 0 Å². The molecule has 0 spiro atoms. The van der Waals surface area contributed by atoms with Gasteiger partial charge in [-0.15, -0.1) is 11.3 Å². The maximum Gasteiger partial charge on any atom is 0.250 e. The van der Waals surface area contributed by atoms with Gasteiger partial charge < -0.3 is 0 Å². The number of rotatable bonds is 5. The van der Waals surface area contributed by atoms with Gasteiger partial charge in [-0.2, -0.15) is 0 Å². The number of benzene rings is 2. The van der Waals surface area contributed by atoms with Crippen molar-refractivity contribution in [3.05, 3.63) is 88.2 Å². The second-order valence-electron chi connectivity index (χ2n) is 5.68. The normalized spacial score (nSPS) is 11.0. The van der Waals surface area contributed by atoms with E-state index < -0.39 is 0 Å². The summed E-state index contributed by atoms with van der Waals surface area (Å²) < 4.78 is 13.1. The summed E-state index contributed by atoms with van der Waals surface area (Å²) in [5.74, 6) is -0.621. The van der Waals surface area contributed by atoms with Crippen molar-refractivity contribution < 1.29 is 9.18 Å². The predicted octanol–water partition coefficient (Wildman–Crippen LogP) is 4.83. The maximum atomic E-state index is 13.1.